The van der Waals surface area contributed by atoms with E-state index in [1.165, 1.54) is 59.3 Å². The molecule has 0 saturated carbocycles. The maximum Gasteiger partial charge on any atom is 0.227 e. The molecule has 236 valence electrons. The Hall–Kier alpha value is -2.06. The maximum atomic E-state index is 11.0. The average Bonchev–Trinajstić information content (AvgIpc) is 2.83. The van der Waals surface area contributed by atoms with Crippen LogP contribution in [0.1, 0.15) is 138 Å². The van der Waals surface area contributed by atoms with Crippen LogP contribution >= 0.6 is 0 Å². The van der Waals surface area contributed by atoms with Gasteiger partial charge in [-0.15, -0.1) is 0 Å². The number of unbranched alkanes of at least 4 members (excludes halogenated alkanes) is 9. The first kappa shape index (κ1) is 44.9. The summed E-state index contributed by atoms with van der Waals surface area (Å²) in [5.74, 6) is -0.680. The second kappa shape index (κ2) is 35.0. The first-order valence-corrected chi connectivity index (χ1v) is 14.8. The van der Waals surface area contributed by atoms with Crippen LogP contribution < -0.4 is 16.0 Å². The molecule has 0 aliphatic heterocycles. The van der Waals surface area contributed by atoms with Gasteiger partial charge in [-0.05, 0) is 40.0 Å². The van der Waals surface area contributed by atoms with E-state index in [0.29, 0.717) is 19.6 Å². The van der Waals surface area contributed by atoms with Gasteiger partial charge in [0.2, 0.25) is 17.7 Å². The van der Waals surface area contributed by atoms with Crippen LogP contribution in [0.5, 0.6) is 0 Å². The van der Waals surface area contributed by atoms with Crippen LogP contribution in [0.2, 0.25) is 0 Å². The minimum Gasteiger partial charge on any atom is -0.356 e. The van der Waals surface area contributed by atoms with Crippen LogP contribution in [0.25, 0.3) is 0 Å². The SMILES string of the molecule is CCCCCCNC(=O)CC(C)=O.CCCCCCNC(=O)CC(C)=O.CCCCCCNC(=O)CC(C)=O.[Fe]. The zero-order chi connectivity index (χ0) is 30.3. The normalized spacial score (nSPS) is 9.45. The predicted octanol–water partition coefficient (Wildman–Crippen LogP) is 4.98. The summed E-state index contributed by atoms with van der Waals surface area (Å²) in [6.45, 7) is 12.8. The number of carbonyl (C=O) groups is 6. The van der Waals surface area contributed by atoms with Crippen molar-refractivity contribution in [3.63, 3.8) is 0 Å². The van der Waals surface area contributed by atoms with Gasteiger partial charge in [-0.2, -0.15) is 0 Å². The summed E-state index contributed by atoms with van der Waals surface area (Å²) in [7, 11) is 0. The molecule has 0 heterocycles. The van der Waals surface area contributed by atoms with Crippen molar-refractivity contribution >= 4 is 35.1 Å². The van der Waals surface area contributed by atoms with Gasteiger partial charge in [-0.1, -0.05) is 78.6 Å². The molecule has 3 N–H and O–H groups in total. The van der Waals surface area contributed by atoms with E-state index in [4.69, 9.17) is 0 Å². The van der Waals surface area contributed by atoms with Gasteiger partial charge in [0.15, 0.2) is 0 Å². The Morgan fingerprint density at radius 2 is 0.625 bits per heavy atom. The largest absolute Gasteiger partial charge is 0.356 e. The van der Waals surface area contributed by atoms with Crippen molar-refractivity contribution in [2.45, 2.75) is 138 Å². The number of hydrogen-bond acceptors (Lipinski definition) is 6. The van der Waals surface area contributed by atoms with Crippen molar-refractivity contribution in [2.24, 2.45) is 0 Å². The topological polar surface area (TPSA) is 139 Å². The third kappa shape index (κ3) is 45.8. The molecule has 0 rings (SSSR count). The molecule has 0 bridgehead atoms. The Kier molecular flexibility index (Phi) is 39.3. The number of rotatable bonds is 21. The summed E-state index contributed by atoms with van der Waals surface area (Å²) in [6, 6.07) is 0. The van der Waals surface area contributed by atoms with Crippen molar-refractivity contribution in [3.8, 4) is 0 Å². The van der Waals surface area contributed by atoms with Crippen molar-refractivity contribution in [3.05, 3.63) is 0 Å². The van der Waals surface area contributed by atoms with Gasteiger partial charge in [0.05, 0.1) is 19.3 Å². The minimum atomic E-state index is -0.149. The Balaban J connectivity index is -0.000000240. The van der Waals surface area contributed by atoms with Crippen LogP contribution in [0.4, 0.5) is 0 Å². The zero-order valence-corrected chi connectivity index (χ0v) is 27.1. The van der Waals surface area contributed by atoms with Gasteiger partial charge in [0.1, 0.15) is 17.3 Å². The molecule has 0 aliphatic rings. The van der Waals surface area contributed by atoms with Crippen LogP contribution in [0.3, 0.4) is 0 Å². The predicted molar refractivity (Wildman–Crippen MR) is 157 cm³/mol. The summed E-state index contributed by atoms with van der Waals surface area (Å²) >= 11 is 0. The first-order chi connectivity index (χ1) is 18.5. The summed E-state index contributed by atoms with van der Waals surface area (Å²) < 4.78 is 0. The standard InChI is InChI=1S/3C10H19NO2.Fe/c3*1-3-4-5-6-7-11-10(13)8-9(2)12;/h3*3-8H2,1-2H3,(H,11,13);. The summed E-state index contributed by atoms with van der Waals surface area (Å²) in [4.78, 5) is 64.4. The molecule has 9 nitrogen and oxygen atoms in total. The van der Waals surface area contributed by atoms with Gasteiger partial charge in [0.25, 0.3) is 0 Å². The van der Waals surface area contributed by atoms with E-state index in [0.717, 1.165) is 38.5 Å². The van der Waals surface area contributed by atoms with Gasteiger partial charge in [0, 0.05) is 36.7 Å². The zero-order valence-electron chi connectivity index (χ0n) is 26.0. The smallest absolute Gasteiger partial charge is 0.227 e. The molecule has 0 aromatic carbocycles. The number of carbonyl (C=O) groups excluding carboxylic acids is 6. The molecule has 0 saturated heterocycles. The molecule has 3 amide bonds. The van der Waals surface area contributed by atoms with Gasteiger partial charge in [-0.3, -0.25) is 28.8 Å². The molecule has 10 heteroatoms. The maximum absolute atomic E-state index is 11.0. The fraction of sp³-hybridized carbons (Fsp3) is 0.800. The van der Waals surface area contributed by atoms with Crippen molar-refractivity contribution in [1.82, 2.24) is 16.0 Å². The fourth-order valence-electron chi connectivity index (χ4n) is 3.20. The quantitative estimate of drug-likeness (QED) is 0.0951. The number of amides is 3. The Morgan fingerprint density at radius 1 is 0.400 bits per heavy atom. The van der Waals surface area contributed by atoms with E-state index < -0.39 is 0 Å². The minimum absolute atomic E-state index is 0. The molecule has 0 fully saturated rings. The van der Waals surface area contributed by atoms with E-state index >= 15 is 0 Å². The first-order valence-electron chi connectivity index (χ1n) is 14.8. The molecule has 0 radical (unpaired) electrons. The Bertz CT molecular complexity index is 596. The third-order valence-electron chi connectivity index (χ3n) is 5.29. The third-order valence-corrected chi connectivity index (χ3v) is 5.29. The second-order valence-electron chi connectivity index (χ2n) is 9.87. The summed E-state index contributed by atoms with van der Waals surface area (Å²) in [6.07, 6.45) is 13.8. The van der Waals surface area contributed by atoms with E-state index in [-0.39, 0.29) is 71.4 Å². The molecule has 0 aromatic heterocycles. The second-order valence-corrected chi connectivity index (χ2v) is 9.87. The van der Waals surface area contributed by atoms with Gasteiger partial charge < -0.3 is 16.0 Å². The van der Waals surface area contributed by atoms with Crippen molar-refractivity contribution in [2.75, 3.05) is 19.6 Å². The van der Waals surface area contributed by atoms with E-state index in [1.54, 1.807) is 0 Å². The van der Waals surface area contributed by atoms with Crippen LogP contribution in [0, 0.1) is 0 Å². The van der Waals surface area contributed by atoms with Crippen LogP contribution in [-0.4, -0.2) is 54.7 Å². The number of ketones is 3. The molecule has 0 aromatic rings. The Labute approximate surface area is 254 Å². The number of hydrogen-bond donors (Lipinski definition) is 3. The monoisotopic (exact) mass is 611 g/mol. The van der Waals surface area contributed by atoms with Crippen LogP contribution in [0.15, 0.2) is 0 Å². The fourth-order valence-corrected chi connectivity index (χ4v) is 3.20. The molecular formula is C30H57FeN3O6. The summed E-state index contributed by atoms with van der Waals surface area (Å²) in [5, 5.41) is 8.14. The number of Topliss-reactive ketones (excluding diaryl/α,β-unsaturated/α-hetero) is 3. The Morgan fingerprint density at radius 3 is 0.800 bits per heavy atom. The average molecular weight is 612 g/mol. The van der Waals surface area contributed by atoms with E-state index in [1.807, 2.05) is 0 Å². The summed E-state index contributed by atoms with van der Waals surface area (Å²) in [5.41, 5.74) is 0. The van der Waals surface area contributed by atoms with Crippen LogP contribution in [-0.2, 0) is 45.8 Å². The molecule has 40 heavy (non-hydrogen) atoms. The van der Waals surface area contributed by atoms with E-state index in [9.17, 15) is 28.8 Å². The van der Waals surface area contributed by atoms with Gasteiger partial charge >= 0.3 is 0 Å². The molecular weight excluding hydrogens is 554 g/mol. The molecule has 0 unspecified atom stereocenters. The molecule has 0 aliphatic carbocycles. The van der Waals surface area contributed by atoms with Crippen molar-refractivity contribution < 1.29 is 45.8 Å². The molecule has 0 atom stereocenters. The van der Waals surface area contributed by atoms with Crippen molar-refractivity contribution in [1.29, 1.82) is 0 Å². The molecule has 0 spiro atoms. The van der Waals surface area contributed by atoms with Gasteiger partial charge in [-0.25, -0.2) is 0 Å². The number of nitrogens with one attached hydrogen (secondary N) is 3. The van der Waals surface area contributed by atoms with E-state index in [2.05, 4.69) is 36.7 Å².